The van der Waals surface area contributed by atoms with Gasteiger partial charge in [0.05, 0.1) is 31.8 Å². The van der Waals surface area contributed by atoms with Crippen LogP contribution in [0.2, 0.25) is 0 Å². The van der Waals surface area contributed by atoms with Crippen LogP contribution in [0, 0.1) is 11.3 Å². The molecule has 2 aromatic carbocycles. The largest absolute Gasteiger partial charge is 0.493 e. The smallest absolute Gasteiger partial charge is 0.164 e. The number of dihydropyridines is 1. The molecular weight excluding hydrogens is 376 g/mol. The van der Waals surface area contributed by atoms with Gasteiger partial charge >= 0.3 is 0 Å². The van der Waals surface area contributed by atoms with E-state index >= 15 is 0 Å². The fraction of sp³-hybridized carbons (Fsp3) is 0.280. The lowest BCUT2D eigenvalue weighted by Gasteiger charge is -2.36. The van der Waals surface area contributed by atoms with E-state index in [1.165, 1.54) is 0 Å². The second-order valence-corrected chi connectivity index (χ2v) is 7.62. The summed E-state index contributed by atoms with van der Waals surface area (Å²) < 4.78 is 11.1. The fourth-order valence-corrected chi connectivity index (χ4v) is 4.60. The Morgan fingerprint density at radius 2 is 1.80 bits per heavy atom. The molecule has 2 aromatic rings. The predicted octanol–water partition coefficient (Wildman–Crippen LogP) is 4.59. The summed E-state index contributed by atoms with van der Waals surface area (Å²) in [6.45, 7) is 1.89. The SMILES string of the molecule is COc1cccc(C2C(C#N)=C(C)NC3=C2C(=O)CC(c2ccccc2)C3)c1OC. The second-order valence-electron chi connectivity index (χ2n) is 7.62. The summed E-state index contributed by atoms with van der Waals surface area (Å²) in [5.41, 5.74) is 4.79. The van der Waals surface area contributed by atoms with E-state index < -0.39 is 5.92 Å². The molecule has 2 atom stereocenters. The van der Waals surface area contributed by atoms with E-state index in [1.54, 1.807) is 14.2 Å². The van der Waals surface area contributed by atoms with Gasteiger partial charge in [-0.05, 0) is 30.9 Å². The van der Waals surface area contributed by atoms with Gasteiger partial charge in [-0.3, -0.25) is 4.79 Å². The second kappa shape index (κ2) is 8.08. The van der Waals surface area contributed by atoms with Crippen LogP contribution in [0.5, 0.6) is 11.5 Å². The van der Waals surface area contributed by atoms with Crippen LogP contribution in [0.4, 0.5) is 0 Å². The van der Waals surface area contributed by atoms with E-state index in [0.717, 1.165) is 28.9 Å². The quantitative estimate of drug-likeness (QED) is 0.813. The molecule has 1 N–H and O–H groups in total. The molecule has 0 saturated carbocycles. The van der Waals surface area contributed by atoms with Crippen molar-refractivity contribution in [2.45, 2.75) is 31.6 Å². The van der Waals surface area contributed by atoms with Gasteiger partial charge in [-0.2, -0.15) is 5.26 Å². The molecule has 1 aliphatic heterocycles. The number of allylic oxidation sites excluding steroid dienone is 4. The molecule has 0 bridgehead atoms. The van der Waals surface area contributed by atoms with Crippen molar-refractivity contribution in [1.29, 1.82) is 5.26 Å². The molecular formula is C25H24N2O3. The number of nitrogens with zero attached hydrogens (tertiary/aromatic N) is 1. The number of ether oxygens (including phenoxy) is 2. The summed E-state index contributed by atoms with van der Waals surface area (Å²) in [7, 11) is 3.16. The number of methoxy groups -OCH3 is 2. The Balaban J connectivity index is 1.85. The van der Waals surface area contributed by atoms with Gasteiger partial charge in [-0.25, -0.2) is 0 Å². The fourth-order valence-electron chi connectivity index (χ4n) is 4.60. The van der Waals surface area contributed by atoms with Gasteiger partial charge in [0.25, 0.3) is 0 Å². The number of ketones is 1. The van der Waals surface area contributed by atoms with E-state index in [1.807, 2.05) is 43.3 Å². The monoisotopic (exact) mass is 400 g/mol. The van der Waals surface area contributed by atoms with Crippen molar-refractivity contribution >= 4 is 5.78 Å². The van der Waals surface area contributed by atoms with Gasteiger partial charge < -0.3 is 14.8 Å². The molecule has 0 spiro atoms. The van der Waals surface area contributed by atoms with Gasteiger partial charge in [-0.15, -0.1) is 0 Å². The number of carbonyl (C=O) groups is 1. The van der Waals surface area contributed by atoms with Crippen molar-refractivity contribution in [1.82, 2.24) is 5.32 Å². The average molecular weight is 400 g/mol. The number of Topliss-reactive ketones (excluding diaryl/α,β-unsaturated/α-hetero) is 1. The Bertz CT molecular complexity index is 1090. The number of nitriles is 1. The van der Waals surface area contributed by atoms with Crippen LogP contribution < -0.4 is 14.8 Å². The number of nitrogens with one attached hydrogen (secondary N) is 1. The van der Waals surface area contributed by atoms with E-state index in [0.29, 0.717) is 29.1 Å². The molecule has 2 unspecified atom stereocenters. The first kappa shape index (κ1) is 19.8. The number of para-hydroxylation sites is 1. The van der Waals surface area contributed by atoms with Gasteiger partial charge in [0.15, 0.2) is 17.3 Å². The van der Waals surface area contributed by atoms with Crippen molar-refractivity contribution in [3.8, 4) is 17.6 Å². The minimum Gasteiger partial charge on any atom is -0.493 e. The molecule has 5 heteroatoms. The molecule has 0 fully saturated rings. The molecule has 0 radical (unpaired) electrons. The third-order valence-electron chi connectivity index (χ3n) is 5.96. The lowest BCUT2D eigenvalue weighted by molar-refractivity contribution is -0.116. The number of benzene rings is 2. The van der Waals surface area contributed by atoms with Crippen LogP contribution in [0.25, 0.3) is 0 Å². The zero-order valence-electron chi connectivity index (χ0n) is 17.4. The first-order chi connectivity index (χ1) is 14.6. The summed E-state index contributed by atoms with van der Waals surface area (Å²) >= 11 is 0. The molecule has 1 heterocycles. The summed E-state index contributed by atoms with van der Waals surface area (Å²) in [5.74, 6) is 0.843. The van der Waals surface area contributed by atoms with Crippen molar-refractivity contribution in [2.75, 3.05) is 14.2 Å². The predicted molar refractivity (Wildman–Crippen MR) is 114 cm³/mol. The van der Waals surface area contributed by atoms with Crippen molar-refractivity contribution in [2.24, 2.45) is 0 Å². The topological polar surface area (TPSA) is 71.3 Å². The van der Waals surface area contributed by atoms with E-state index in [9.17, 15) is 10.1 Å². The number of rotatable bonds is 4. The number of hydrogen-bond donors (Lipinski definition) is 1. The molecule has 2 aliphatic rings. The normalized spacial score (nSPS) is 20.9. The van der Waals surface area contributed by atoms with Crippen LogP contribution in [-0.4, -0.2) is 20.0 Å². The highest BCUT2D eigenvalue weighted by Crippen LogP contribution is 2.48. The summed E-state index contributed by atoms with van der Waals surface area (Å²) in [6.07, 6.45) is 1.15. The minimum atomic E-state index is -0.472. The molecule has 0 amide bonds. The Kier molecular flexibility index (Phi) is 5.33. The minimum absolute atomic E-state index is 0.0627. The number of carbonyl (C=O) groups excluding carboxylic acids is 1. The Morgan fingerprint density at radius 1 is 1.03 bits per heavy atom. The zero-order chi connectivity index (χ0) is 21.3. The lowest BCUT2D eigenvalue weighted by Crippen LogP contribution is -2.33. The zero-order valence-corrected chi connectivity index (χ0v) is 17.4. The van der Waals surface area contributed by atoms with Crippen LogP contribution in [0.15, 0.2) is 71.1 Å². The van der Waals surface area contributed by atoms with Crippen LogP contribution in [0.1, 0.15) is 42.7 Å². The van der Waals surface area contributed by atoms with Gasteiger partial charge in [0.2, 0.25) is 0 Å². The van der Waals surface area contributed by atoms with Gasteiger partial charge in [-0.1, -0.05) is 42.5 Å². The highest BCUT2D eigenvalue weighted by molar-refractivity contribution is 6.00. The van der Waals surface area contributed by atoms with Gasteiger partial charge in [0, 0.05) is 29.0 Å². The Hall–Kier alpha value is -3.52. The highest BCUT2D eigenvalue weighted by Gasteiger charge is 2.40. The van der Waals surface area contributed by atoms with Crippen LogP contribution in [0.3, 0.4) is 0 Å². The third kappa shape index (κ3) is 3.25. The molecule has 5 nitrogen and oxygen atoms in total. The van der Waals surface area contributed by atoms with Crippen molar-refractivity contribution in [3.63, 3.8) is 0 Å². The molecule has 30 heavy (non-hydrogen) atoms. The molecule has 1 aliphatic carbocycles. The van der Waals surface area contributed by atoms with E-state index in [4.69, 9.17) is 9.47 Å². The Labute approximate surface area is 176 Å². The maximum atomic E-state index is 13.4. The first-order valence-electron chi connectivity index (χ1n) is 9.99. The first-order valence-corrected chi connectivity index (χ1v) is 9.99. The highest BCUT2D eigenvalue weighted by atomic mass is 16.5. The molecule has 0 saturated heterocycles. The average Bonchev–Trinajstić information content (AvgIpc) is 2.77. The third-order valence-corrected chi connectivity index (χ3v) is 5.96. The van der Waals surface area contributed by atoms with E-state index in [-0.39, 0.29) is 11.7 Å². The summed E-state index contributed by atoms with van der Waals surface area (Å²) in [6, 6.07) is 18.0. The Morgan fingerprint density at radius 3 is 2.47 bits per heavy atom. The maximum absolute atomic E-state index is 13.4. The van der Waals surface area contributed by atoms with Crippen molar-refractivity contribution < 1.29 is 14.3 Å². The van der Waals surface area contributed by atoms with Gasteiger partial charge in [0.1, 0.15) is 0 Å². The lowest BCUT2D eigenvalue weighted by atomic mass is 9.72. The summed E-state index contributed by atoms with van der Waals surface area (Å²) in [4.78, 5) is 13.4. The van der Waals surface area contributed by atoms with Crippen molar-refractivity contribution in [3.05, 3.63) is 82.2 Å². The van der Waals surface area contributed by atoms with E-state index in [2.05, 4.69) is 23.5 Å². The molecule has 0 aromatic heterocycles. The summed E-state index contributed by atoms with van der Waals surface area (Å²) in [5, 5.41) is 13.3. The molecule has 152 valence electrons. The maximum Gasteiger partial charge on any atom is 0.164 e. The standard InChI is InChI=1S/C25H24N2O3/c1-15-19(14-26)23(18-10-7-11-22(29-2)25(18)30-3)24-20(27-15)12-17(13-21(24)28)16-8-5-4-6-9-16/h4-11,17,23,27H,12-13H2,1-3H3. The van der Waals surface area contributed by atoms with Crippen LogP contribution >= 0.6 is 0 Å². The number of hydrogen-bond acceptors (Lipinski definition) is 5. The van der Waals surface area contributed by atoms with Crippen LogP contribution in [-0.2, 0) is 4.79 Å². The molecule has 4 rings (SSSR count).